The molecule has 0 spiro atoms. The van der Waals surface area contributed by atoms with Crippen molar-refractivity contribution in [1.29, 1.82) is 0 Å². The molecule has 0 unspecified atom stereocenters. The standard InChI is InChI=1S/C12H8N/c1-3-9-4-2-6-11-8-13-7-10(5-1)12(9)11/h1-3,5,7-8H,6H2. The van der Waals surface area contributed by atoms with Gasteiger partial charge in [0.05, 0.1) is 0 Å². The van der Waals surface area contributed by atoms with E-state index in [1.807, 2.05) is 12.4 Å². The van der Waals surface area contributed by atoms with Gasteiger partial charge >= 0.3 is 0 Å². The summed E-state index contributed by atoms with van der Waals surface area (Å²) in [5, 5.41) is 2.54. The summed E-state index contributed by atoms with van der Waals surface area (Å²) in [6.07, 6.45) is 10.2. The first kappa shape index (κ1) is 6.84. The Morgan fingerprint density at radius 2 is 2.23 bits per heavy atom. The van der Waals surface area contributed by atoms with Gasteiger partial charge in [-0.2, -0.15) is 0 Å². The Morgan fingerprint density at radius 3 is 3.23 bits per heavy atom. The molecule has 1 aliphatic rings. The van der Waals surface area contributed by atoms with Crippen LogP contribution in [0.3, 0.4) is 0 Å². The Morgan fingerprint density at radius 1 is 1.23 bits per heavy atom. The molecule has 0 amide bonds. The monoisotopic (exact) mass is 166 g/mol. The first-order valence-corrected chi connectivity index (χ1v) is 4.39. The van der Waals surface area contributed by atoms with Crippen molar-refractivity contribution in [3.63, 3.8) is 0 Å². The Labute approximate surface area is 76.7 Å². The van der Waals surface area contributed by atoms with Gasteiger partial charge in [0.25, 0.3) is 0 Å². The Balaban J connectivity index is 2.56. The van der Waals surface area contributed by atoms with E-state index in [4.69, 9.17) is 0 Å². The van der Waals surface area contributed by atoms with Gasteiger partial charge in [0.2, 0.25) is 0 Å². The van der Waals surface area contributed by atoms with Crippen molar-refractivity contribution >= 4 is 10.8 Å². The lowest BCUT2D eigenvalue weighted by Crippen LogP contribution is -1.94. The highest BCUT2D eigenvalue weighted by atomic mass is 14.6. The van der Waals surface area contributed by atoms with E-state index < -0.39 is 0 Å². The van der Waals surface area contributed by atoms with Gasteiger partial charge in [0.1, 0.15) is 0 Å². The molecular formula is C12H8N. The van der Waals surface area contributed by atoms with Crippen LogP contribution in [0.2, 0.25) is 0 Å². The molecule has 1 aromatic heterocycles. The smallest absolute Gasteiger partial charge is 0.0346 e. The number of hydrogen-bond acceptors (Lipinski definition) is 1. The van der Waals surface area contributed by atoms with Gasteiger partial charge in [-0.05, 0) is 29.0 Å². The third-order valence-corrected chi connectivity index (χ3v) is 2.44. The van der Waals surface area contributed by atoms with E-state index in [9.17, 15) is 0 Å². The lowest BCUT2D eigenvalue weighted by Gasteiger charge is -2.10. The summed E-state index contributed by atoms with van der Waals surface area (Å²) in [6.45, 7) is 0. The first-order chi connectivity index (χ1) is 6.45. The largest absolute Gasteiger partial charge is 0.264 e. The summed E-state index contributed by atoms with van der Waals surface area (Å²) in [5.74, 6) is 0. The summed E-state index contributed by atoms with van der Waals surface area (Å²) in [7, 11) is 0. The van der Waals surface area contributed by atoms with E-state index in [2.05, 4.69) is 35.3 Å². The normalized spacial score (nSPS) is 13.5. The summed E-state index contributed by atoms with van der Waals surface area (Å²) in [6, 6.07) is 6.25. The molecule has 1 radical (unpaired) electrons. The van der Waals surface area contributed by atoms with Crippen molar-refractivity contribution in [2.45, 2.75) is 6.42 Å². The number of benzene rings is 1. The molecule has 1 heterocycles. The van der Waals surface area contributed by atoms with Crippen LogP contribution in [-0.4, -0.2) is 4.98 Å². The minimum atomic E-state index is 0.960. The van der Waals surface area contributed by atoms with Crippen molar-refractivity contribution in [3.8, 4) is 0 Å². The van der Waals surface area contributed by atoms with Crippen LogP contribution in [-0.2, 0) is 6.42 Å². The number of aromatic nitrogens is 1. The second kappa shape index (κ2) is 2.43. The topological polar surface area (TPSA) is 12.9 Å². The molecule has 61 valence electrons. The maximum Gasteiger partial charge on any atom is 0.0346 e. The molecule has 0 saturated heterocycles. The average Bonchev–Trinajstić information content (AvgIpc) is 2.19. The highest BCUT2D eigenvalue weighted by Crippen LogP contribution is 2.25. The molecule has 0 N–H and O–H groups in total. The molecule has 1 aromatic carbocycles. The highest BCUT2D eigenvalue weighted by Gasteiger charge is 2.07. The maximum absolute atomic E-state index is 4.21. The molecule has 3 rings (SSSR count). The maximum atomic E-state index is 4.21. The molecule has 0 saturated carbocycles. The van der Waals surface area contributed by atoms with Crippen LogP contribution in [0.25, 0.3) is 10.8 Å². The fourth-order valence-electron chi connectivity index (χ4n) is 1.85. The van der Waals surface area contributed by atoms with E-state index in [1.165, 1.54) is 21.9 Å². The second-order valence-corrected chi connectivity index (χ2v) is 3.25. The zero-order valence-corrected chi connectivity index (χ0v) is 7.12. The van der Waals surface area contributed by atoms with Crippen LogP contribution >= 0.6 is 0 Å². The van der Waals surface area contributed by atoms with E-state index in [0.29, 0.717) is 0 Å². The van der Waals surface area contributed by atoms with Gasteiger partial charge < -0.3 is 0 Å². The van der Waals surface area contributed by atoms with Crippen LogP contribution in [0, 0.1) is 6.08 Å². The fraction of sp³-hybridized carbons (Fsp3) is 0.0833. The first-order valence-electron chi connectivity index (χ1n) is 4.39. The summed E-state index contributed by atoms with van der Waals surface area (Å²) in [4.78, 5) is 4.21. The number of nitrogens with zero attached hydrogens (tertiary/aromatic N) is 1. The number of hydrogen-bond donors (Lipinski definition) is 0. The van der Waals surface area contributed by atoms with Crippen molar-refractivity contribution in [3.05, 3.63) is 53.9 Å². The van der Waals surface area contributed by atoms with Gasteiger partial charge in [-0.25, -0.2) is 0 Å². The predicted molar refractivity (Wildman–Crippen MR) is 52.4 cm³/mol. The number of pyridine rings is 1. The fourth-order valence-corrected chi connectivity index (χ4v) is 1.85. The third kappa shape index (κ3) is 0.903. The van der Waals surface area contributed by atoms with Crippen LogP contribution in [0.4, 0.5) is 0 Å². The lowest BCUT2D eigenvalue weighted by molar-refractivity contribution is 1.20. The van der Waals surface area contributed by atoms with Gasteiger partial charge in [0, 0.05) is 17.8 Å². The highest BCUT2D eigenvalue weighted by molar-refractivity contribution is 5.89. The minimum Gasteiger partial charge on any atom is -0.264 e. The van der Waals surface area contributed by atoms with E-state index in [1.54, 1.807) is 0 Å². The molecule has 1 heteroatoms. The second-order valence-electron chi connectivity index (χ2n) is 3.25. The van der Waals surface area contributed by atoms with Crippen molar-refractivity contribution in [2.24, 2.45) is 0 Å². The minimum absolute atomic E-state index is 0.960. The lowest BCUT2D eigenvalue weighted by atomic mass is 9.95. The molecule has 0 bridgehead atoms. The van der Waals surface area contributed by atoms with Crippen molar-refractivity contribution in [1.82, 2.24) is 4.98 Å². The van der Waals surface area contributed by atoms with E-state index in [0.717, 1.165) is 6.42 Å². The average molecular weight is 166 g/mol. The van der Waals surface area contributed by atoms with Gasteiger partial charge in [-0.1, -0.05) is 24.3 Å². The number of allylic oxidation sites excluding steroid dienone is 1. The van der Waals surface area contributed by atoms with Crippen LogP contribution in [0.1, 0.15) is 11.1 Å². The molecule has 0 fully saturated rings. The molecule has 0 atom stereocenters. The molecule has 1 aliphatic carbocycles. The predicted octanol–water partition coefficient (Wildman–Crippen LogP) is 2.50. The van der Waals surface area contributed by atoms with E-state index in [-0.39, 0.29) is 0 Å². The van der Waals surface area contributed by atoms with Crippen molar-refractivity contribution < 1.29 is 0 Å². The van der Waals surface area contributed by atoms with Gasteiger partial charge in [-0.15, -0.1) is 0 Å². The zero-order chi connectivity index (χ0) is 8.67. The van der Waals surface area contributed by atoms with Crippen LogP contribution < -0.4 is 0 Å². The molecule has 2 aromatic rings. The Hall–Kier alpha value is -1.63. The quantitative estimate of drug-likeness (QED) is 0.586. The van der Waals surface area contributed by atoms with Gasteiger partial charge in [-0.3, -0.25) is 4.98 Å². The number of rotatable bonds is 0. The van der Waals surface area contributed by atoms with Crippen LogP contribution in [0.5, 0.6) is 0 Å². The summed E-state index contributed by atoms with van der Waals surface area (Å²) in [5.41, 5.74) is 2.51. The Bertz CT molecular complexity index is 492. The summed E-state index contributed by atoms with van der Waals surface area (Å²) >= 11 is 0. The van der Waals surface area contributed by atoms with Gasteiger partial charge in [0.15, 0.2) is 0 Å². The zero-order valence-electron chi connectivity index (χ0n) is 7.12. The molecule has 0 aliphatic heterocycles. The van der Waals surface area contributed by atoms with E-state index >= 15 is 0 Å². The Kier molecular flexibility index (Phi) is 1.28. The SMILES string of the molecule is [C]1=CCc2cncc3cccc1c23. The summed E-state index contributed by atoms with van der Waals surface area (Å²) < 4.78 is 0. The van der Waals surface area contributed by atoms with Crippen molar-refractivity contribution in [2.75, 3.05) is 0 Å². The molecule has 1 nitrogen and oxygen atoms in total. The molecule has 13 heavy (non-hydrogen) atoms. The third-order valence-electron chi connectivity index (χ3n) is 2.44. The molecular weight excluding hydrogens is 158 g/mol. The van der Waals surface area contributed by atoms with Crippen LogP contribution in [0.15, 0.2) is 36.7 Å².